The minimum absolute atomic E-state index is 0.0131. The summed E-state index contributed by atoms with van der Waals surface area (Å²) >= 11 is 3.17. The maximum Gasteiger partial charge on any atom is 0.287 e. The Labute approximate surface area is 142 Å². The Bertz CT molecular complexity index is 769. The first-order valence-corrected chi connectivity index (χ1v) is 8.17. The van der Waals surface area contributed by atoms with Gasteiger partial charge in [-0.1, -0.05) is 6.07 Å². The predicted molar refractivity (Wildman–Crippen MR) is 90.5 cm³/mol. The van der Waals surface area contributed by atoms with Crippen LogP contribution in [0.3, 0.4) is 0 Å². The van der Waals surface area contributed by atoms with Crippen LogP contribution in [0.4, 0.5) is 5.69 Å². The number of amides is 2. The van der Waals surface area contributed by atoms with Crippen molar-refractivity contribution in [2.75, 3.05) is 11.4 Å². The van der Waals surface area contributed by atoms with Gasteiger partial charge in [-0.3, -0.25) is 9.59 Å². The molecule has 2 heterocycles. The molecule has 6 heteroatoms. The number of nitrogens with one attached hydrogen (secondary N) is 1. The maximum absolute atomic E-state index is 12.2. The Kier molecular flexibility index (Phi) is 4.26. The summed E-state index contributed by atoms with van der Waals surface area (Å²) in [7, 11) is 0. The van der Waals surface area contributed by atoms with Crippen LogP contribution in [0.2, 0.25) is 0 Å². The molecule has 1 aromatic heterocycles. The molecule has 5 nitrogen and oxygen atoms in total. The number of carbonyl (C=O) groups is 2. The number of rotatable bonds is 3. The number of nitrogens with zero attached hydrogens (tertiary/aromatic N) is 1. The van der Waals surface area contributed by atoms with E-state index in [1.54, 1.807) is 17.0 Å². The largest absolute Gasteiger partial charge is 0.444 e. The molecule has 0 radical (unpaired) electrons. The second-order valence-corrected chi connectivity index (χ2v) is 6.53. The lowest BCUT2D eigenvalue weighted by Crippen LogP contribution is -2.37. The first-order valence-electron chi connectivity index (χ1n) is 7.38. The Morgan fingerprint density at radius 1 is 1.26 bits per heavy atom. The van der Waals surface area contributed by atoms with E-state index >= 15 is 0 Å². The smallest absolute Gasteiger partial charge is 0.287 e. The summed E-state index contributed by atoms with van der Waals surface area (Å²) < 4.78 is 5.73. The molecule has 2 aromatic rings. The van der Waals surface area contributed by atoms with Crippen molar-refractivity contribution in [3.8, 4) is 0 Å². The Balaban J connectivity index is 1.69. The number of benzene rings is 1. The molecular formula is C17H17BrN2O3. The van der Waals surface area contributed by atoms with Crippen molar-refractivity contribution in [3.05, 3.63) is 51.9 Å². The maximum atomic E-state index is 12.2. The predicted octanol–water partition coefficient (Wildman–Crippen LogP) is 3.19. The molecule has 1 aliphatic heterocycles. The van der Waals surface area contributed by atoms with Crippen molar-refractivity contribution < 1.29 is 14.0 Å². The standard InChI is InChI=1S/C17H17BrN2O3/c1-10-3-4-13(7-11(10)2)20-9-12(8-16(20)21)19-17(22)14-5-6-15(18)23-14/h3-7,12H,8-9H2,1-2H3,(H,19,22)/t12-/m1/s1. The summed E-state index contributed by atoms with van der Waals surface area (Å²) in [6.07, 6.45) is 0.292. The number of halogens is 1. The number of carbonyl (C=O) groups excluding carboxylic acids is 2. The van der Waals surface area contributed by atoms with Crippen molar-refractivity contribution >= 4 is 33.4 Å². The molecule has 1 aliphatic rings. The highest BCUT2D eigenvalue weighted by Gasteiger charge is 2.32. The summed E-state index contributed by atoms with van der Waals surface area (Å²) in [5.74, 6) is -0.0661. The highest BCUT2D eigenvalue weighted by atomic mass is 79.9. The van der Waals surface area contributed by atoms with Gasteiger partial charge in [0, 0.05) is 18.7 Å². The summed E-state index contributed by atoms with van der Waals surface area (Å²) in [4.78, 5) is 26.1. The quantitative estimate of drug-likeness (QED) is 0.894. The van der Waals surface area contributed by atoms with Gasteiger partial charge < -0.3 is 14.6 Å². The van der Waals surface area contributed by atoms with Gasteiger partial charge in [0.2, 0.25) is 5.91 Å². The van der Waals surface area contributed by atoms with Crippen LogP contribution in [0, 0.1) is 13.8 Å². The zero-order valence-electron chi connectivity index (χ0n) is 12.9. The van der Waals surface area contributed by atoms with E-state index in [-0.39, 0.29) is 23.6 Å². The molecule has 23 heavy (non-hydrogen) atoms. The monoisotopic (exact) mass is 376 g/mol. The van der Waals surface area contributed by atoms with E-state index in [9.17, 15) is 9.59 Å². The fourth-order valence-corrected chi connectivity index (χ4v) is 2.95. The van der Waals surface area contributed by atoms with Crippen LogP contribution in [0.5, 0.6) is 0 Å². The van der Waals surface area contributed by atoms with Gasteiger partial charge in [0.05, 0.1) is 6.04 Å². The fraction of sp³-hybridized carbons (Fsp3) is 0.294. The molecule has 0 unspecified atom stereocenters. The minimum atomic E-state index is -0.310. The molecule has 1 N–H and O–H groups in total. The Morgan fingerprint density at radius 2 is 2.04 bits per heavy atom. The van der Waals surface area contributed by atoms with E-state index < -0.39 is 0 Å². The summed E-state index contributed by atoms with van der Waals surface area (Å²) in [5, 5.41) is 2.85. The SMILES string of the molecule is Cc1ccc(N2C[C@H](NC(=O)c3ccc(Br)o3)CC2=O)cc1C. The third kappa shape index (κ3) is 3.32. The van der Waals surface area contributed by atoms with Crippen molar-refractivity contribution in [3.63, 3.8) is 0 Å². The normalized spacial score (nSPS) is 17.6. The molecule has 120 valence electrons. The Morgan fingerprint density at radius 3 is 2.70 bits per heavy atom. The second kappa shape index (κ2) is 6.20. The van der Waals surface area contributed by atoms with E-state index in [1.165, 1.54) is 5.56 Å². The topological polar surface area (TPSA) is 62.6 Å². The number of hydrogen-bond acceptors (Lipinski definition) is 3. The number of aryl methyl sites for hydroxylation is 2. The van der Waals surface area contributed by atoms with Gasteiger partial charge in [-0.15, -0.1) is 0 Å². The number of hydrogen-bond donors (Lipinski definition) is 1. The lowest BCUT2D eigenvalue weighted by Gasteiger charge is -2.18. The van der Waals surface area contributed by atoms with E-state index in [4.69, 9.17) is 4.42 Å². The lowest BCUT2D eigenvalue weighted by atomic mass is 10.1. The van der Waals surface area contributed by atoms with Crippen molar-refractivity contribution in [2.45, 2.75) is 26.3 Å². The van der Waals surface area contributed by atoms with Gasteiger partial charge >= 0.3 is 0 Å². The summed E-state index contributed by atoms with van der Waals surface area (Å²) in [6.45, 7) is 4.53. The van der Waals surface area contributed by atoms with Crippen LogP contribution in [0.1, 0.15) is 28.1 Å². The van der Waals surface area contributed by atoms with Crippen molar-refractivity contribution in [2.24, 2.45) is 0 Å². The summed E-state index contributed by atoms with van der Waals surface area (Å²) in [6, 6.07) is 8.98. The summed E-state index contributed by atoms with van der Waals surface area (Å²) in [5.41, 5.74) is 3.20. The number of anilines is 1. The van der Waals surface area contributed by atoms with Crippen LogP contribution >= 0.6 is 15.9 Å². The average Bonchev–Trinajstić information content (AvgIpc) is 3.08. The van der Waals surface area contributed by atoms with Crippen LogP contribution in [-0.2, 0) is 4.79 Å². The van der Waals surface area contributed by atoms with Gasteiger partial charge in [0.1, 0.15) is 0 Å². The van der Waals surface area contributed by atoms with E-state index in [2.05, 4.69) is 21.2 Å². The molecule has 1 saturated heterocycles. The van der Waals surface area contributed by atoms with Crippen LogP contribution in [0.25, 0.3) is 0 Å². The van der Waals surface area contributed by atoms with Crippen molar-refractivity contribution in [1.82, 2.24) is 5.32 Å². The van der Waals surface area contributed by atoms with Gasteiger partial charge in [-0.25, -0.2) is 0 Å². The Hall–Kier alpha value is -2.08. The molecule has 1 fully saturated rings. The average molecular weight is 377 g/mol. The molecule has 1 atom stereocenters. The second-order valence-electron chi connectivity index (χ2n) is 5.75. The molecule has 2 amide bonds. The molecule has 3 rings (SSSR count). The highest BCUT2D eigenvalue weighted by Crippen LogP contribution is 2.24. The molecule has 0 aliphatic carbocycles. The van der Waals surface area contributed by atoms with E-state index in [0.717, 1.165) is 11.3 Å². The highest BCUT2D eigenvalue weighted by molar-refractivity contribution is 9.10. The molecule has 1 aromatic carbocycles. The third-order valence-corrected chi connectivity index (χ3v) is 4.49. The zero-order valence-corrected chi connectivity index (χ0v) is 14.5. The zero-order chi connectivity index (χ0) is 16.6. The first-order chi connectivity index (χ1) is 10.9. The molecule has 0 spiro atoms. The van der Waals surface area contributed by atoms with Gasteiger partial charge in [-0.2, -0.15) is 0 Å². The van der Waals surface area contributed by atoms with E-state index in [0.29, 0.717) is 17.6 Å². The van der Waals surface area contributed by atoms with Gasteiger partial charge in [0.15, 0.2) is 10.4 Å². The first kappa shape index (κ1) is 15.8. The number of furan rings is 1. The van der Waals surface area contributed by atoms with Crippen LogP contribution < -0.4 is 10.2 Å². The molecular weight excluding hydrogens is 360 g/mol. The van der Waals surface area contributed by atoms with Crippen LogP contribution in [-0.4, -0.2) is 24.4 Å². The molecule has 0 bridgehead atoms. The molecule has 0 saturated carbocycles. The fourth-order valence-electron chi connectivity index (χ4n) is 2.64. The third-order valence-electron chi connectivity index (χ3n) is 4.06. The van der Waals surface area contributed by atoms with Crippen LogP contribution in [0.15, 0.2) is 39.4 Å². The lowest BCUT2D eigenvalue weighted by molar-refractivity contribution is -0.117. The minimum Gasteiger partial charge on any atom is -0.444 e. The van der Waals surface area contributed by atoms with Gasteiger partial charge in [-0.05, 0) is 65.2 Å². The van der Waals surface area contributed by atoms with Gasteiger partial charge in [0.25, 0.3) is 5.91 Å². The van der Waals surface area contributed by atoms with E-state index in [1.807, 2.05) is 32.0 Å². The van der Waals surface area contributed by atoms with Crippen molar-refractivity contribution in [1.29, 1.82) is 0 Å².